The first-order valence-electron chi connectivity index (χ1n) is 9.85. The lowest BCUT2D eigenvalue weighted by Gasteiger charge is -2.59. The number of fused-ring (bicyclic) bond motifs is 5. The first-order valence-corrected chi connectivity index (χ1v) is 9.85. The molecule has 8 atom stereocenters. The van der Waals surface area contributed by atoms with E-state index in [4.69, 9.17) is 0 Å². The molecule has 3 saturated carbocycles. The number of carbonyl (C=O) groups excluding carboxylic acids is 1. The maximum Gasteiger partial charge on any atom is 0.133 e. The van der Waals surface area contributed by atoms with E-state index >= 15 is 0 Å². The molecule has 0 amide bonds. The summed E-state index contributed by atoms with van der Waals surface area (Å²) >= 11 is 0. The molecular formula is C21H32O3. The number of rotatable bonds is 1. The third-order valence-electron chi connectivity index (χ3n) is 8.59. The molecule has 0 aromatic carbocycles. The van der Waals surface area contributed by atoms with Crippen LogP contribution < -0.4 is 0 Å². The van der Waals surface area contributed by atoms with E-state index in [0.717, 1.165) is 44.9 Å². The molecule has 134 valence electrons. The molecule has 4 aliphatic rings. The van der Waals surface area contributed by atoms with E-state index in [0.29, 0.717) is 17.6 Å². The predicted molar refractivity (Wildman–Crippen MR) is 93.3 cm³/mol. The zero-order valence-corrected chi connectivity index (χ0v) is 15.3. The van der Waals surface area contributed by atoms with Crippen LogP contribution in [0.4, 0.5) is 0 Å². The minimum Gasteiger partial charge on any atom is -0.393 e. The molecule has 0 aromatic rings. The van der Waals surface area contributed by atoms with Crippen molar-refractivity contribution in [2.24, 2.45) is 34.5 Å². The van der Waals surface area contributed by atoms with Crippen LogP contribution >= 0.6 is 0 Å². The van der Waals surface area contributed by atoms with Crippen molar-refractivity contribution >= 4 is 5.78 Å². The highest BCUT2D eigenvalue weighted by molar-refractivity contribution is 5.79. The van der Waals surface area contributed by atoms with Crippen LogP contribution in [-0.4, -0.2) is 28.2 Å². The molecule has 3 heteroatoms. The Hall–Kier alpha value is -0.670. The van der Waals surface area contributed by atoms with Crippen LogP contribution in [0.15, 0.2) is 11.6 Å². The Kier molecular flexibility index (Phi) is 3.78. The highest BCUT2D eigenvalue weighted by Crippen LogP contribution is 2.66. The van der Waals surface area contributed by atoms with Crippen molar-refractivity contribution in [3.8, 4) is 0 Å². The van der Waals surface area contributed by atoms with Crippen LogP contribution in [-0.2, 0) is 4.79 Å². The molecule has 2 N–H and O–H groups in total. The quantitative estimate of drug-likeness (QED) is 0.723. The molecule has 4 aliphatic carbocycles. The summed E-state index contributed by atoms with van der Waals surface area (Å²) in [7, 11) is 0. The number of hydrogen-bond donors (Lipinski definition) is 2. The molecule has 3 fully saturated rings. The summed E-state index contributed by atoms with van der Waals surface area (Å²) in [4.78, 5) is 12.2. The fourth-order valence-corrected chi connectivity index (χ4v) is 7.30. The predicted octanol–water partition coefficient (Wildman–Crippen LogP) is 3.49. The Morgan fingerprint density at radius 3 is 2.54 bits per heavy atom. The second kappa shape index (κ2) is 5.41. The van der Waals surface area contributed by atoms with Gasteiger partial charge in [0.1, 0.15) is 5.78 Å². The maximum absolute atomic E-state index is 12.2. The minimum absolute atomic E-state index is 0.0733. The van der Waals surface area contributed by atoms with Crippen molar-refractivity contribution in [3.05, 3.63) is 11.6 Å². The summed E-state index contributed by atoms with van der Waals surface area (Å²) < 4.78 is 0. The van der Waals surface area contributed by atoms with Gasteiger partial charge in [0.25, 0.3) is 0 Å². The fraction of sp³-hybridized carbons (Fsp3) is 0.857. The average Bonchev–Trinajstić information content (AvgIpc) is 2.86. The first-order chi connectivity index (χ1) is 11.3. The van der Waals surface area contributed by atoms with Crippen LogP contribution in [0.1, 0.15) is 65.7 Å². The summed E-state index contributed by atoms with van der Waals surface area (Å²) in [5.41, 5.74) is 1.50. The van der Waals surface area contributed by atoms with Crippen molar-refractivity contribution in [2.75, 3.05) is 0 Å². The molecule has 0 bridgehead atoms. The van der Waals surface area contributed by atoms with Crippen molar-refractivity contribution in [1.82, 2.24) is 0 Å². The number of hydrogen-bond acceptors (Lipinski definition) is 3. The molecule has 0 heterocycles. The minimum atomic E-state index is -0.404. The second-order valence-corrected chi connectivity index (χ2v) is 9.57. The van der Waals surface area contributed by atoms with Crippen LogP contribution in [0.25, 0.3) is 0 Å². The third kappa shape index (κ3) is 2.13. The van der Waals surface area contributed by atoms with Gasteiger partial charge in [0.15, 0.2) is 0 Å². The van der Waals surface area contributed by atoms with Gasteiger partial charge in [-0.3, -0.25) is 4.79 Å². The lowest BCUT2D eigenvalue weighted by atomic mass is 9.46. The molecule has 4 rings (SSSR count). The second-order valence-electron chi connectivity index (χ2n) is 9.57. The molecular weight excluding hydrogens is 300 g/mol. The number of aliphatic hydroxyl groups is 2. The van der Waals surface area contributed by atoms with Gasteiger partial charge in [0, 0.05) is 5.92 Å². The van der Waals surface area contributed by atoms with E-state index in [1.165, 1.54) is 5.57 Å². The average molecular weight is 332 g/mol. The summed E-state index contributed by atoms with van der Waals surface area (Å²) in [6, 6.07) is 0. The van der Waals surface area contributed by atoms with Crippen molar-refractivity contribution in [2.45, 2.75) is 77.9 Å². The van der Waals surface area contributed by atoms with Crippen LogP contribution in [0.5, 0.6) is 0 Å². The van der Waals surface area contributed by atoms with Crippen molar-refractivity contribution in [1.29, 1.82) is 0 Å². The zero-order chi connectivity index (χ0) is 17.3. The van der Waals surface area contributed by atoms with E-state index in [1.807, 2.05) is 0 Å². The van der Waals surface area contributed by atoms with Crippen LogP contribution in [0.2, 0.25) is 0 Å². The summed E-state index contributed by atoms with van der Waals surface area (Å²) in [6.45, 7) is 6.43. The molecule has 0 aromatic heterocycles. The third-order valence-corrected chi connectivity index (χ3v) is 8.59. The Morgan fingerprint density at radius 1 is 1.08 bits per heavy atom. The van der Waals surface area contributed by atoms with E-state index in [2.05, 4.69) is 19.9 Å². The normalized spacial score (nSPS) is 53.6. The Labute approximate surface area is 145 Å². The van der Waals surface area contributed by atoms with Gasteiger partial charge in [-0.05, 0) is 80.5 Å². The van der Waals surface area contributed by atoms with E-state index in [1.54, 1.807) is 6.92 Å². The van der Waals surface area contributed by atoms with Gasteiger partial charge in [0.05, 0.1) is 12.2 Å². The summed E-state index contributed by atoms with van der Waals surface area (Å²) in [5.74, 6) is 1.77. The number of aliphatic hydroxyl groups excluding tert-OH is 2. The largest absolute Gasteiger partial charge is 0.393 e. The van der Waals surface area contributed by atoms with Gasteiger partial charge in [-0.25, -0.2) is 0 Å². The van der Waals surface area contributed by atoms with Crippen molar-refractivity contribution in [3.63, 3.8) is 0 Å². The Bertz CT molecular complexity index is 582. The first kappa shape index (κ1) is 16.8. The summed E-state index contributed by atoms with van der Waals surface area (Å²) in [5, 5.41) is 21.1. The van der Waals surface area contributed by atoms with Gasteiger partial charge >= 0.3 is 0 Å². The van der Waals surface area contributed by atoms with Gasteiger partial charge in [0.2, 0.25) is 0 Å². The van der Waals surface area contributed by atoms with Crippen molar-refractivity contribution < 1.29 is 15.0 Å². The standard InChI is InChI=1S/C21H32O3/c1-12(22)15-4-5-16-19-17(7-9-21(15,16)3)20(2)8-6-14(23)10-13(20)11-18(19)24/h11,14-19,23-24H,4-10H2,1-3H3/t14-,15+,16?,17?,18?,19?,20-,21+/m0/s1. The Morgan fingerprint density at radius 2 is 1.83 bits per heavy atom. The van der Waals surface area contributed by atoms with Crippen LogP contribution in [0.3, 0.4) is 0 Å². The lowest BCUT2D eigenvalue weighted by molar-refractivity contribution is -0.130. The highest BCUT2D eigenvalue weighted by atomic mass is 16.3. The zero-order valence-electron chi connectivity index (χ0n) is 15.3. The number of carbonyl (C=O) groups is 1. The van der Waals surface area contributed by atoms with Crippen LogP contribution in [0, 0.1) is 34.5 Å². The maximum atomic E-state index is 12.2. The monoisotopic (exact) mass is 332 g/mol. The molecule has 24 heavy (non-hydrogen) atoms. The fourth-order valence-electron chi connectivity index (χ4n) is 7.30. The van der Waals surface area contributed by atoms with Gasteiger partial charge in [-0.1, -0.05) is 25.5 Å². The molecule has 0 radical (unpaired) electrons. The smallest absolute Gasteiger partial charge is 0.133 e. The van der Waals surface area contributed by atoms with Gasteiger partial charge < -0.3 is 10.2 Å². The van der Waals surface area contributed by atoms with Gasteiger partial charge in [-0.2, -0.15) is 0 Å². The molecule has 0 spiro atoms. The number of Topliss-reactive ketones (excluding diaryl/α,β-unsaturated/α-hetero) is 1. The summed E-state index contributed by atoms with van der Waals surface area (Å²) in [6.07, 6.45) is 8.39. The molecule has 4 unspecified atom stereocenters. The topological polar surface area (TPSA) is 57.5 Å². The SMILES string of the molecule is CC(=O)[C@H]1CCC2C3C(O)C=C4C[C@@H](O)CC[C@]4(C)C3CC[C@@]21C. The number of ketones is 1. The van der Waals surface area contributed by atoms with Gasteiger partial charge in [-0.15, -0.1) is 0 Å². The highest BCUT2D eigenvalue weighted by Gasteiger charge is 2.61. The van der Waals surface area contributed by atoms with E-state index < -0.39 is 6.10 Å². The van der Waals surface area contributed by atoms with E-state index in [-0.39, 0.29) is 28.8 Å². The lowest BCUT2D eigenvalue weighted by Crippen LogP contribution is -2.55. The van der Waals surface area contributed by atoms with E-state index in [9.17, 15) is 15.0 Å². The molecule has 0 saturated heterocycles. The molecule has 0 aliphatic heterocycles. The molecule has 3 nitrogen and oxygen atoms in total. The Balaban J connectivity index is 1.71.